The highest BCUT2D eigenvalue weighted by molar-refractivity contribution is 7.26. The van der Waals surface area contributed by atoms with Crippen LogP contribution in [-0.4, -0.2) is 7.05 Å². The minimum atomic E-state index is 0.880. The van der Waals surface area contributed by atoms with Gasteiger partial charge >= 0.3 is 0 Å². The van der Waals surface area contributed by atoms with E-state index in [9.17, 15) is 0 Å². The Morgan fingerprint density at radius 1 is 0.800 bits per heavy atom. The van der Waals surface area contributed by atoms with Crippen LogP contribution in [0.25, 0.3) is 47.7 Å². The van der Waals surface area contributed by atoms with Crippen molar-refractivity contribution in [2.45, 2.75) is 6.92 Å². The summed E-state index contributed by atoms with van der Waals surface area (Å²) in [6, 6.07) is 27.8. The van der Waals surface area contributed by atoms with Gasteiger partial charge in [0.25, 0.3) is 0 Å². The highest BCUT2D eigenvalue weighted by Crippen LogP contribution is 2.44. The molecule has 0 saturated heterocycles. The van der Waals surface area contributed by atoms with Gasteiger partial charge in [-0.05, 0) is 36.8 Å². The number of furan rings is 1. The monoisotopic (exact) mass is 471 g/mol. The van der Waals surface area contributed by atoms with Gasteiger partial charge in [-0.15, -0.1) is 11.3 Å². The first-order chi connectivity index (χ1) is 17.2. The summed E-state index contributed by atoms with van der Waals surface area (Å²) in [7, 11) is 2.13. The van der Waals surface area contributed by atoms with E-state index in [4.69, 9.17) is 4.42 Å². The van der Waals surface area contributed by atoms with Gasteiger partial charge < -0.3 is 9.32 Å². The highest BCUT2D eigenvalue weighted by Gasteiger charge is 2.19. The van der Waals surface area contributed by atoms with Crippen LogP contribution in [0.15, 0.2) is 114 Å². The first-order valence-electron chi connectivity index (χ1n) is 11.7. The maximum Gasteiger partial charge on any atom is 0.137 e. The molecule has 0 spiro atoms. The van der Waals surface area contributed by atoms with E-state index in [1.54, 1.807) is 0 Å². The second kappa shape index (κ2) is 8.61. The SMILES string of the molecule is C=C(/C=C\C=C/C)c1cc2c(cc1N(C)c1cccc3c1sc1ccccc13)oc1ccccc12. The van der Waals surface area contributed by atoms with E-state index in [2.05, 4.69) is 91.3 Å². The van der Waals surface area contributed by atoms with Crippen LogP contribution < -0.4 is 4.90 Å². The highest BCUT2D eigenvalue weighted by atomic mass is 32.1. The van der Waals surface area contributed by atoms with Crippen LogP contribution in [0.2, 0.25) is 0 Å². The zero-order valence-corrected chi connectivity index (χ0v) is 20.6. The summed E-state index contributed by atoms with van der Waals surface area (Å²) < 4.78 is 8.85. The number of benzene rings is 4. The van der Waals surface area contributed by atoms with Crippen molar-refractivity contribution in [3.63, 3.8) is 0 Å². The number of hydrogen-bond acceptors (Lipinski definition) is 3. The second-order valence-corrected chi connectivity index (χ2v) is 9.74. The fraction of sp³-hybridized carbons (Fsp3) is 0.0625. The Morgan fingerprint density at radius 2 is 1.57 bits per heavy atom. The van der Waals surface area contributed by atoms with Crippen LogP contribution in [0.4, 0.5) is 11.4 Å². The summed E-state index contributed by atoms with van der Waals surface area (Å²) in [4.78, 5) is 2.27. The zero-order valence-electron chi connectivity index (χ0n) is 19.8. The van der Waals surface area contributed by atoms with Gasteiger partial charge in [0.15, 0.2) is 0 Å². The van der Waals surface area contributed by atoms with Gasteiger partial charge in [0.05, 0.1) is 16.1 Å². The molecule has 0 fully saturated rings. The molecular formula is C32H25NOS. The smallest absolute Gasteiger partial charge is 0.137 e. The van der Waals surface area contributed by atoms with Crippen molar-refractivity contribution in [2.24, 2.45) is 0 Å². The third-order valence-corrected chi connectivity index (χ3v) is 7.76. The number of rotatable bonds is 5. The van der Waals surface area contributed by atoms with Crippen molar-refractivity contribution < 1.29 is 4.42 Å². The zero-order chi connectivity index (χ0) is 23.9. The average molecular weight is 472 g/mol. The lowest BCUT2D eigenvalue weighted by Gasteiger charge is -2.24. The molecule has 0 amide bonds. The van der Waals surface area contributed by atoms with E-state index in [0.29, 0.717) is 0 Å². The van der Waals surface area contributed by atoms with Crippen LogP contribution in [0.1, 0.15) is 12.5 Å². The second-order valence-electron chi connectivity index (χ2n) is 8.68. The molecular weight excluding hydrogens is 446 g/mol. The van der Waals surface area contributed by atoms with Crippen molar-refractivity contribution in [3.8, 4) is 0 Å². The third-order valence-electron chi connectivity index (χ3n) is 6.55. The van der Waals surface area contributed by atoms with Gasteiger partial charge in [-0.3, -0.25) is 0 Å². The summed E-state index contributed by atoms with van der Waals surface area (Å²) in [5, 5.41) is 4.81. The summed E-state index contributed by atoms with van der Waals surface area (Å²) in [6.45, 7) is 6.44. The molecule has 2 heterocycles. The van der Waals surface area contributed by atoms with E-state index >= 15 is 0 Å². The molecule has 6 aromatic rings. The Hall–Kier alpha value is -4.08. The minimum absolute atomic E-state index is 0.880. The van der Waals surface area contributed by atoms with E-state index in [0.717, 1.165) is 38.8 Å². The van der Waals surface area contributed by atoms with Crippen molar-refractivity contribution >= 4 is 70.4 Å². The lowest BCUT2D eigenvalue weighted by atomic mass is 10.00. The van der Waals surface area contributed by atoms with Gasteiger partial charge in [0.2, 0.25) is 0 Å². The molecule has 0 aliphatic heterocycles. The van der Waals surface area contributed by atoms with E-state index in [-0.39, 0.29) is 0 Å². The Kier molecular flexibility index (Phi) is 5.28. The molecule has 0 radical (unpaired) electrons. The fourth-order valence-electron chi connectivity index (χ4n) is 4.79. The number of nitrogens with zero attached hydrogens (tertiary/aromatic N) is 1. The standard InChI is InChI=1S/C32H25NOS/c1-4-5-6-12-21(2)25-19-26-22-13-7-9-17-29(22)34-30(26)20-28(25)33(3)27-16-11-15-24-23-14-8-10-18-31(23)35-32(24)27/h4-20H,2H2,1,3H3/b5-4-,12-6-. The Morgan fingerprint density at radius 3 is 2.43 bits per heavy atom. The van der Waals surface area contributed by atoms with Gasteiger partial charge in [-0.1, -0.05) is 79.4 Å². The first-order valence-corrected chi connectivity index (χ1v) is 12.6. The van der Waals surface area contributed by atoms with E-state index in [1.165, 1.54) is 25.9 Å². The molecule has 0 N–H and O–H groups in total. The maximum atomic E-state index is 6.26. The maximum absolute atomic E-state index is 6.26. The number of allylic oxidation sites excluding steroid dienone is 5. The van der Waals surface area contributed by atoms with Gasteiger partial charge in [0, 0.05) is 44.9 Å². The predicted molar refractivity (Wildman–Crippen MR) is 154 cm³/mol. The van der Waals surface area contributed by atoms with E-state index < -0.39 is 0 Å². The van der Waals surface area contributed by atoms with Crippen LogP contribution in [-0.2, 0) is 0 Å². The number of anilines is 2. The molecule has 0 saturated carbocycles. The average Bonchev–Trinajstić information content (AvgIpc) is 3.45. The van der Waals surface area contributed by atoms with Crippen LogP contribution in [0, 0.1) is 0 Å². The molecule has 35 heavy (non-hydrogen) atoms. The number of hydrogen-bond donors (Lipinski definition) is 0. The Labute approximate surface area is 208 Å². The lowest BCUT2D eigenvalue weighted by Crippen LogP contribution is -2.11. The van der Waals surface area contributed by atoms with Crippen molar-refractivity contribution in [1.82, 2.24) is 0 Å². The van der Waals surface area contributed by atoms with Gasteiger partial charge in [-0.2, -0.15) is 0 Å². The number of para-hydroxylation sites is 1. The summed E-state index contributed by atoms with van der Waals surface area (Å²) in [6.07, 6.45) is 8.15. The third kappa shape index (κ3) is 3.56. The molecule has 170 valence electrons. The van der Waals surface area contributed by atoms with Crippen LogP contribution in [0.3, 0.4) is 0 Å². The predicted octanol–water partition coefficient (Wildman–Crippen LogP) is 9.87. The fourth-order valence-corrected chi connectivity index (χ4v) is 6.05. The minimum Gasteiger partial charge on any atom is -0.456 e. The molecule has 0 bridgehead atoms. The topological polar surface area (TPSA) is 16.4 Å². The molecule has 2 aromatic heterocycles. The summed E-state index contributed by atoms with van der Waals surface area (Å²) in [5.74, 6) is 0. The van der Waals surface area contributed by atoms with Crippen LogP contribution >= 0.6 is 11.3 Å². The Balaban J connectivity index is 1.59. The number of thiophene rings is 1. The van der Waals surface area contributed by atoms with Crippen molar-refractivity contribution in [2.75, 3.05) is 11.9 Å². The molecule has 0 aliphatic carbocycles. The van der Waals surface area contributed by atoms with Crippen molar-refractivity contribution in [1.29, 1.82) is 0 Å². The Bertz CT molecular complexity index is 1800. The molecule has 3 heteroatoms. The van der Waals surface area contributed by atoms with Crippen molar-refractivity contribution in [3.05, 3.63) is 115 Å². The quantitative estimate of drug-likeness (QED) is 0.233. The number of fused-ring (bicyclic) bond motifs is 6. The summed E-state index contributed by atoms with van der Waals surface area (Å²) in [5.41, 5.74) is 6.06. The molecule has 0 unspecified atom stereocenters. The molecule has 0 atom stereocenters. The van der Waals surface area contributed by atoms with E-state index in [1.807, 2.05) is 48.6 Å². The summed E-state index contributed by atoms with van der Waals surface area (Å²) >= 11 is 1.84. The molecule has 2 nitrogen and oxygen atoms in total. The van der Waals surface area contributed by atoms with Gasteiger partial charge in [-0.25, -0.2) is 0 Å². The largest absolute Gasteiger partial charge is 0.456 e. The first kappa shape index (κ1) is 21.5. The lowest BCUT2D eigenvalue weighted by molar-refractivity contribution is 0.669. The molecule has 6 rings (SSSR count). The molecule has 4 aromatic carbocycles. The van der Waals surface area contributed by atoms with Crippen LogP contribution in [0.5, 0.6) is 0 Å². The normalized spacial score (nSPS) is 12.2. The molecule has 0 aliphatic rings. The van der Waals surface area contributed by atoms with Gasteiger partial charge in [0.1, 0.15) is 11.2 Å².